The zero-order valence-corrected chi connectivity index (χ0v) is 16.8. The topological polar surface area (TPSA) is 70.8 Å². The van der Waals surface area contributed by atoms with E-state index in [1.54, 1.807) is 22.5 Å². The molecule has 2 rings (SSSR count). The van der Waals surface area contributed by atoms with Crippen LogP contribution in [-0.4, -0.2) is 50.3 Å². The highest BCUT2D eigenvalue weighted by Gasteiger charge is 2.25. The normalized spacial score (nSPS) is 12.6. The number of sulfonamides is 1. The Balaban J connectivity index is 2.35. The van der Waals surface area contributed by atoms with Crippen LogP contribution in [0.1, 0.15) is 27.7 Å². The van der Waals surface area contributed by atoms with Crippen LogP contribution in [0.4, 0.5) is 0 Å². The number of benzene rings is 1. The number of rotatable bonds is 9. The summed E-state index contributed by atoms with van der Waals surface area (Å²) in [5.41, 5.74) is -0.0660. The maximum absolute atomic E-state index is 13.2. The molecule has 1 heterocycles. The fourth-order valence-electron chi connectivity index (χ4n) is 2.87. The minimum atomic E-state index is -3.62. The van der Waals surface area contributed by atoms with Gasteiger partial charge in [0.1, 0.15) is 5.58 Å². The lowest BCUT2D eigenvalue weighted by Gasteiger charge is -2.27. The van der Waals surface area contributed by atoms with E-state index in [9.17, 15) is 13.2 Å². The van der Waals surface area contributed by atoms with E-state index in [0.717, 1.165) is 13.1 Å². The molecule has 0 unspecified atom stereocenters. The van der Waals surface area contributed by atoms with Gasteiger partial charge in [-0.05, 0) is 43.3 Å². The van der Waals surface area contributed by atoms with Crippen LogP contribution in [0, 0.1) is 5.92 Å². The third-order valence-corrected chi connectivity index (χ3v) is 6.22. The van der Waals surface area contributed by atoms with Crippen molar-refractivity contribution in [1.29, 1.82) is 0 Å². The first-order chi connectivity index (χ1) is 12.3. The van der Waals surface area contributed by atoms with Crippen molar-refractivity contribution in [3.63, 3.8) is 0 Å². The molecule has 0 aliphatic carbocycles. The molecule has 7 heteroatoms. The van der Waals surface area contributed by atoms with Crippen LogP contribution < -0.4 is 5.63 Å². The number of hydrogen-bond donors (Lipinski definition) is 0. The van der Waals surface area contributed by atoms with E-state index < -0.39 is 15.6 Å². The molecule has 2 aromatic rings. The second-order valence-electron chi connectivity index (χ2n) is 6.74. The summed E-state index contributed by atoms with van der Waals surface area (Å²) in [5.74, 6) is 0.222. The summed E-state index contributed by atoms with van der Waals surface area (Å²) >= 11 is 0. The molecule has 0 atom stereocenters. The lowest BCUT2D eigenvalue weighted by atomic mass is 10.2. The Morgan fingerprint density at radius 3 is 2.35 bits per heavy atom. The summed E-state index contributed by atoms with van der Waals surface area (Å²) < 4.78 is 33.0. The van der Waals surface area contributed by atoms with Gasteiger partial charge < -0.3 is 9.32 Å². The number of likely N-dealkylation sites (N-methyl/N-ethyl adjacent to an activating group) is 1. The Morgan fingerprint density at radius 2 is 1.73 bits per heavy atom. The highest BCUT2D eigenvalue weighted by atomic mass is 32.2. The third-order valence-electron chi connectivity index (χ3n) is 4.36. The summed E-state index contributed by atoms with van der Waals surface area (Å²) in [5, 5.41) is 0.596. The van der Waals surface area contributed by atoms with Gasteiger partial charge in [-0.3, -0.25) is 0 Å². The van der Waals surface area contributed by atoms with Crippen molar-refractivity contribution in [1.82, 2.24) is 9.21 Å². The Morgan fingerprint density at radius 1 is 1.04 bits per heavy atom. The molecule has 0 bridgehead atoms. The van der Waals surface area contributed by atoms with Crippen molar-refractivity contribution in [3.05, 3.63) is 40.8 Å². The smallest absolute Gasteiger partial charge is 0.336 e. The average molecular weight is 381 g/mol. The number of nitrogens with zero attached hydrogens (tertiary/aromatic N) is 2. The minimum Gasteiger partial charge on any atom is -0.423 e. The molecular weight excluding hydrogens is 352 g/mol. The van der Waals surface area contributed by atoms with Gasteiger partial charge in [0.15, 0.2) is 0 Å². The first-order valence-corrected chi connectivity index (χ1v) is 10.5. The molecule has 0 radical (unpaired) electrons. The van der Waals surface area contributed by atoms with E-state index in [1.807, 2.05) is 13.8 Å². The first-order valence-electron chi connectivity index (χ1n) is 9.04. The minimum absolute atomic E-state index is 0.221. The maximum Gasteiger partial charge on any atom is 0.336 e. The molecule has 0 saturated heterocycles. The van der Waals surface area contributed by atoms with Crippen LogP contribution in [0.5, 0.6) is 0 Å². The van der Waals surface area contributed by atoms with Gasteiger partial charge in [0, 0.05) is 31.1 Å². The van der Waals surface area contributed by atoms with Crippen LogP contribution in [0.2, 0.25) is 0 Å². The summed E-state index contributed by atoms with van der Waals surface area (Å²) in [4.78, 5) is 13.7. The molecule has 0 fully saturated rings. The lowest BCUT2D eigenvalue weighted by molar-refractivity contribution is 0.262. The summed E-state index contributed by atoms with van der Waals surface area (Å²) in [6.07, 6.45) is 0. The SMILES string of the molecule is CCN(CC)CCN(CC(C)C)S(=O)(=O)c1ccc2oc(=O)ccc2c1. The molecule has 1 aromatic carbocycles. The Bertz CT molecular complexity index is 886. The van der Waals surface area contributed by atoms with Crippen molar-refractivity contribution >= 4 is 21.0 Å². The Hall–Kier alpha value is -1.70. The highest BCUT2D eigenvalue weighted by Crippen LogP contribution is 2.22. The van der Waals surface area contributed by atoms with E-state index >= 15 is 0 Å². The van der Waals surface area contributed by atoms with Crippen molar-refractivity contribution in [3.8, 4) is 0 Å². The molecule has 0 saturated carbocycles. The quantitative estimate of drug-likeness (QED) is 0.626. The summed E-state index contributed by atoms with van der Waals surface area (Å²) in [7, 11) is -3.62. The second kappa shape index (κ2) is 8.79. The number of fused-ring (bicyclic) bond motifs is 1. The molecule has 0 N–H and O–H groups in total. The van der Waals surface area contributed by atoms with Crippen LogP contribution >= 0.6 is 0 Å². The molecule has 0 amide bonds. The number of hydrogen-bond acceptors (Lipinski definition) is 5. The largest absolute Gasteiger partial charge is 0.423 e. The van der Waals surface area contributed by atoms with Crippen molar-refractivity contribution in [2.45, 2.75) is 32.6 Å². The van der Waals surface area contributed by atoms with Gasteiger partial charge in [0.25, 0.3) is 0 Å². The van der Waals surface area contributed by atoms with Gasteiger partial charge in [-0.2, -0.15) is 4.31 Å². The summed E-state index contributed by atoms with van der Waals surface area (Å²) in [6.45, 7) is 11.5. The molecule has 26 heavy (non-hydrogen) atoms. The van der Waals surface area contributed by atoms with Crippen molar-refractivity contribution < 1.29 is 12.8 Å². The van der Waals surface area contributed by atoms with Crippen LogP contribution in [-0.2, 0) is 10.0 Å². The standard InChI is InChI=1S/C19H28N2O4S/c1-5-20(6-2)11-12-21(14-15(3)4)26(23,24)17-8-9-18-16(13-17)7-10-19(22)25-18/h7-10,13,15H,5-6,11-12,14H2,1-4H3. The third kappa shape index (κ3) is 4.93. The monoisotopic (exact) mass is 380 g/mol. The van der Waals surface area contributed by atoms with E-state index in [4.69, 9.17) is 4.42 Å². The van der Waals surface area contributed by atoms with Gasteiger partial charge in [-0.25, -0.2) is 13.2 Å². The molecule has 0 spiro atoms. The fraction of sp³-hybridized carbons (Fsp3) is 0.526. The molecule has 0 aliphatic heterocycles. The van der Waals surface area contributed by atoms with Gasteiger partial charge in [0.05, 0.1) is 4.90 Å². The van der Waals surface area contributed by atoms with Crippen molar-refractivity contribution in [2.24, 2.45) is 5.92 Å². The Labute approximate surface area is 155 Å². The summed E-state index contributed by atoms with van der Waals surface area (Å²) in [6, 6.07) is 7.50. The fourth-order valence-corrected chi connectivity index (χ4v) is 4.50. The van der Waals surface area contributed by atoms with Gasteiger partial charge in [-0.15, -0.1) is 0 Å². The first kappa shape index (κ1) is 20.6. The molecule has 144 valence electrons. The second-order valence-corrected chi connectivity index (χ2v) is 8.68. The van der Waals surface area contributed by atoms with E-state index in [0.29, 0.717) is 30.6 Å². The van der Waals surface area contributed by atoms with Crippen LogP contribution in [0.3, 0.4) is 0 Å². The zero-order chi connectivity index (χ0) is 19.3. The van der Waals surface area contributed by atoms with Gasteiger partial charge in [0.2, 0.25) is 10.0 Å². The predicted molar refractivity (Wildman–Crippen MR) is 104 cm³/mol. The molecular formula is C19H28N2O4S. The highest BCUT2D eigenvalue weighted by molar-refractivity contribution is 7.89. The van der Waals surface area contributed by atoms with E-state index in [2.05, 4.69) is 18.7 Å². The van der Waals surface area contributed by atoms with E-state index in [1.165, 1.54) is 12.1 Å². The van der Waals surface area contributed by atoms with E-state index in [-0.39, 0.29) is 10.8 Å². The molecule has 1 aromatic heterocycles. The van der Waals surface area contributed by atoms with Gasteiger partial charge >= 0.3 is 5.63 Å². The maximum atomic E-state index is 13.2. The van der Waals surface area contributed by atoms with Crippen molar-refractivity contribution in [2.75, 3.05) is 32.7 Å². The lowest BCUT2D eigenvalue weighted by Crippen LogP contribution is -2.40. The average Bonchev–Trinajstić information content (AvgIpc) is 2.60. The molecule has 6 nitrogen and oxygen atoms in total. The van der Waals surface area contributed by atoms with Gasteiger partial charge in [-0.1, -0.05) is 27.7 Å². The zero-order valence-electron chi connectivity index (χ0n) is 15.9. The Kier molecular flexibility index (Phi) is 6.97. The van der Waals surface area contributed by atoms with Crippen LogP contribution in [0.25, 0.3) is 11.0 Å². The predicted octanol–water partition coefficient (Wildman–Crippen LogP) is 2.78. The van der Waals surface area contributed by atoms with Crippen LogP contribution in [0.15, 0.2) is 44.4 Å². The molecule has 0 aliphatic rings.